The second-order valence-corrected chi connectivity index (χ2v) is 16.3. The highest BCUT2D eigenvalue weighted by Crippen LogP contribution is 2.44. The van der Waals surface area contributed by atoms with Crippen LogP contribution < -0.4 is 14.5 Å². The predicted octanol–water partition coefficient (Wildman–Crippen LogP) is 6.52. The molecule has 3 aliphatic heterocycles. The molecule has 1 saturated carbocycles. The van der Waals surface area contributed by atoms with Gasteiger partial charge in [0.1, 0.15) is 19.0 Å². The zero-order valence-electron chi connectivity index (χ0n) is 31.5. The lowest BCUT2D eigenvalue weighted by Gasteiger charge is -2.48. The van der Waals surface area contributed by atoms with Crippen molar-refractivity contribution in [3.8, 4) is 12.1 Å². The smallest absolute Gasteiger partial charge is 0.410 e. The van der Waals surface area contributed by atoms with E-state index in [1.54, 1.807) is 4.90 Å². The number of amides is 1. The van der Waals surface area contributed by atoms with Crippen molar-refractivity contribution in [2.45, 2.75) is 69.8 Å². The summed E-state index contributed by atoms with van der Waals surface area (Å²) in [5.74, 6) is 0.830. The molecule has 1 amide bonds. The predicted molar refractivity (Wildman–Crippen MR) is 211 cm³/mol. The van der Waals surface area contributed by atoms with Gasteiger partial charge in [0.2, 0.25) is 0 Å². The number of nitriles is 1. The quantitative estimate of drug-likeness (QED) is 0.188. The van der Waals surface area contributed by atoms with Crippen LogP contribution in [0.2, 0.25) is 5.02 Å². The first-order valence-corrected chi connectivity index (χ1v) is 19.5. The monoisotopic (exact) mass is 748 g/mol. The second-order valence-electron chi connectivity index (χ2n) is 15.9. The Balaban J connectivity index is 1.07. The number of halogens is 1. The van der Waals surface area contributed by atoms with Crippen molar-refractivity contribution in [1.82, 2.24) is 24.7 Å². The number of hydrogen-bond acceptors (Lipinski definition) is 10. The van der Waals surface area contributed by atoms with Crippen LogP contribution in [0.1, 0.15) is 49.9 Å². The first-order valence-electron chi connectivity index (χ1n) is 19.1. The standard InChI is InChI=1S/C42H49ClN8O3/c1-41(2)28-50(23-21-47(41)3)42(17-18-42)29-54-39-45-35-26-48(36-14-8-12-31-11-7-13-34(43)37(31)36)20-16-33(35)38(46-39)49-22-24-51(32(25-49)15-19-44)40(52)53-27-30-9-5-4-6-10-30/h4-14,32H,15-18,20-29H2,1-3H3/t32-/m0/s1. The second kappa shape index (κ2) is 14.9. The Hall–Kier alpha value is -4.63. The van der Waals surface area contributed by atoms with E-state index in [2.05, 4.69) is 70.8 Å². The molecular weight excluding hydrogens is 700 g/mol. The van der Waals surface area contributed by atoms with Crippen molar-refractivity contribution >= 4 is 40.0 Å². The molecule has 8 rings (SSSR count). The van der Waals surface area contributed by atoms with E-state index < -0.39 is 6.09 Å². The molecule has 0 bridgehead atoms. The zero-order valence-corrected chi connectivity index (χ0v) is 32.3. The number of benzene rings is 3. The van der Waals surface area contributed by atoms with Crippen LogP contribution in [0.15, 0.2) is 66.7 Å². The summed E-state index contributed by atoms with van der Waals surface area (Å²) in [6, 6.07) is 24.3. The first kappa shape index (κ1) is 36.4. The summed E-state index contributed by atoms with van der Waals surface area (Å²) >= 11 is 6.79. The van der Waals surface area contributed by atoms with Crippen molar-refractivity contribution in [2.75, 3.05) is 69.3 Å². The van der Waals surface area contributed by atoms with Gasteiger partial charge in [-0.15, -0.1) is 0 Å². The number of ether oxygens (including phenoxy) is 2. The molecule has 54 heavy (non-hydrogen) atoms. The van der Waals surface area contributed by atoms with Gasteiger partial charge in [-0.05, 0) is 63.2 Å². The molecule has 1 aromatic heterocycles. The molecule has 282 valence electrons. The molecule has 4 heterocycles. The molecule has 0 spiro atoms. The minimum atomic E-state index is -0.404. The highest BCUT2D eigenvalue weighted by Gasteiger charge is 2.52. The van der Waals surface area contributed by atoms with Gasteiger partial charge >= 0.3 is 12.1 Å². The van der Waals surface area contributed by atoms with Crippen molar-refractivity contribution in [2.24, 2.45) is 0 Å². The van der Waals surface area contributed by atoms with Crippen LogP contribution >= 0.6 is 11.6 Å². The lowest BCUT2D eigenvalue weighted by Crippen LogP contribution is -2.61. The number of hydrogen-bond donors (Lipinski definition) is 0. The van der Waals surface area contributed by atoms with Crippen LogP contribution in [0.5, 0.6) is 6.01 Å². The van der Waals surface area contributed by atoms with Gasteiger partial charge in [-0.1, -0.05) is 66.2 Å². The van der Waals surface area contributed by atoms with E-state index >= 15 is 0 Å². The maximum Gasteiger partial charge on any atom is 0.410 e. The normalized spacial score (nSPS) is 21.0. The van der Waals surface area contributed by atoms with Gasteiger partial charge in [0.05, 0.1) is 41.3 Å². The minimum Gasteiger partial charge on any atom is -0.461 e. The topological polar surface area (TPSA) is 101 Å². The molecule has 2 saturated heterocycles. The van der Waals surface area contributed by atoms with Crippen LogP contribution in [0.4, 0.5) is 16.3 Å². The van der Waals surface area contributed by atoms with E-state index in [-0.39, 0.29) is 30.1 Å². The van der Waals surface area contributed by atoms with Crippen molar-refractivity contribution in [3.63, 3.8) is 0 Å². The third kappa shape index (κ3) is 7.27. The zero-order chi connectivity index (χ0) is 37.5. The maximum absolute atomic E-state index is 13.4. The summed E-state index contributed by atoms with van der Waals surface area (Å²) < 4.78 is 12.4. The molecule has 0 radical (unpaired) electrons. The van der Waals surface area contributed by atoms with Gasteiger partial charge in [0, 0.05) is 68.0 Å². The molecule has 3 aromatic carbocycles. The third-order valence-corrected chi connectivity index (χ3v) is 12.3. The lowest BCUT2D eigenvalue weighted by atomic mass is 9.98. The van der Waals surface area contributed by atoms with Crippen molar-refractivity contribution < 1.29 is 14.3 Å². The Labute approximate surface area is 323 Å². The van der Waals surface area contributed by atoms with E-state index in [0.717, 1.165) is 89.6 Å². The first-order chi connectivity index (χ1) is 26.1. The van der Waals surface area contributed by atoms with Gasteiger partial charge < -0.3 is 24.2 Å². The van der Waals surface area contributed by atoms with Gasteiger partial charge in [-0.3, -0.25) is 9.80 Å². The summed E-state index contributed by atoms with van der Waals surface area (Å²) in [4.78, 5) is 34.9. The van der Waals surface area contributed by atoms with Crippen LogP contribution in [0.3, 0.4) is 0 Å². The van der Waals surface area contributed by atoms with Crippen molar-refractivity contribution in [3.05, 3.63) is 88.6 Å². The van der Waals surface area contributed by atoms with Gasteiger partial charge in [0.15, 0.2) is 0 Å². The van der Waals surface area contributed by atoms with E-state index in [4.69, 9.17) is 31.0 Å². The fraction of sp³-hybridized carbons (Fsp3) is 0.476. The van der Waals surface area contributed by atoms with Gasteiger partial charge in [0.25, 0.3) is 0 Å². The lowest BCUT2D eigenvalue weighted by molar-refractivity contribution is -0.00481. The number of aromatic nitrogens is 2. The summed E-state index contributed by atoms with van der Waals surface area (Å²) in [7, 11) is 2.21. The molecule has 11 nitrogen and oxygen atoms in total. The fourth-order valence-corrected chi connectivity index (χ4v) is 8.65. The van der Waals surface area contributed by atoms with Crippen molar-refractivity contribution in [1.29, 1.82) is 5.26 Å². The fourth-order valence-electron chi connectivity index (χ4n) is 8.37. The van der Waals surface area contributed by atoms with E-state index in [0.29, 0.717) is 38.8 Å². The number of carbonyl (C=O) groups is 1. The largest absolute Gasteiger partial charge is 0.461 e. The molecule has 4 aromatic rings. The Morgan fingerprint density at radius 3 is 2.52 bits per heavy atom. The average molecular weight is 749 g/mol. The van der Waals surface area contributed by atoms with Crippen LogP contribution in [0.25, 0.3) is 10.8 Å². The number of anilines is 2. The highest BCUT2D eigenvalue weighted by atomic mass is 35.5. The number of piperazine rings is 2. The van der Waals surface area contributed by atoms with E-state index in [1.807, 2.05) is 42.5 Å². The molecule has 4 aliphatic rings. The molecule has 3 fully saturated rings. The van der Waals surface area contributed by atoms with E-state index in [1.165, 1.54) is 0 Å². The Morgan fingerprint density at radius 1 is 0.963 bits per heavy atom. The minimum absolute atomic E-state index is 0.00662. The van der Waals surface area contributed by atoms with Gasteiger partial charge in [-0.25, -0.2) is 4.79 Å². The molecular formula is C42H49ClN8O3. The molecule has 0 unspecified atom stereocenters. The van der Waals surface area contributed by atoms with Crippen LogP contribution in [-0.2, 0) is 24.3 Å². The van der Waals surface area contributed by atoms with Crippen LogP contribution in [0, 0.1) is 11.3 Å². The SMILES string of the molecule is CN1CCN(C2(COc3nc4c(c(N5CCN(C(=O)OCc6ccccc6)[C@@H](CC#N)C5)n3)CCN(c3cccc5cccc(Cl)c35)C4)CC2)CC1(C)C. The van der Waals surface area contributed by atoms with Crippen LogP contribution in [-0.4, -0.2) is 107 Å². The highest BCUT2D eigenvalue weighted by molar-refractivity contribution is 6.36. The molecule has 0 N–H and O–H groups in total. The van der Waals surface area contributed by atoms with Gasteiger partial charge in [-0.2, -0.15) is 15.2 Å². The Morgan fingerprint density at radius 2 is 1.76 bits per heavy atom. The Bertz CT molecular complexity index is 2050. The summed E-state index contributed by atoms with van der Waals surface area (Å²) in [6.07, 6.45) is 2.71. The average Bonchev–Trinajstić information content (AvgIpc) is 3.98. The summed E-state index contributed by atoms with van der Waals surface area (Å²) in [5, 5.41) is 12.7. The summed E-state index contributed by atoms with van der Waals surface area (Å²) in [5.41, 5.74) is 4.10. The maximum atomic E-state index is 13.4. The molecule has 12 heteroatoms. The number of fused-ring (bicyclic) bond motifs is 2. The molecule has 1 atom stereocenters. The Kier molecular flexibility index (Phi) is 10.0. The third-order valence-electron chi connectivity index (χ3n) is 12.0. The summed E-state index contributed by atoms with van der Waals surface area (Å²) in [6.45, 7) is 11.1. The van der Waals surface area contributed by atoms with E-state index in [9.17, 15) is 10.1 Å². The molecule has 1 aliphatic carbocycles. The number of likely N-dealkylation sites (N-methyl/N-ethyl adjacent to an activating group) is 1. The number of rotatable bonds is 9. The number of carbonyl (C=O) groups excluding carboxylic acids is 1. The number of nitrogens with zero attached hydrogens (tertiary/aromatic N) is 8.